The van der Waals surface area contributed by atoms with Crippen LogP contribution in [0, 0.1) is 80.8 Å². The van der Waals surface area contributed by atoms with E-state index in [0.717, 1.165) is 112 Å². The van der Waals surface area contributed by atoms with Crippen molar-refractivity contribution in [2.24, 2.45) is 67.0 Å². The molecule has 2 aromatic rings. The normalized spacial score (nSPS) is 48.0. The van der Waals surface area contributed by atoms with E-state index in [1.54, 1.807) is 14.2 Å². The Bertz CT molecular complexity index is 2580. The third kappa shape index (κ3) is 5.45. The summed E-state index contributed by atoms with van der Waals surface area (Å²) in [6.07, 6.45) is 18.1. The first-order valence-corrected chi connectivity index (χ1v) is 26.6. The van der Waals surface area contributed by atoms with Crippen LogP contribution in [0.15, 0.2) is 18.2 Å². The summed E-state index contributed by atoms with van der Waals surface area (Å²) in [5, 5.41) is 22.9. The molecule has 2 aromatic carbocycles. The molecule has 0 aromatic heterocycles. The molecule has 11 rings (SSSR count). The second kappa shape index (κ2) is 14.0. The lowest BCUT2D eigenvalue weighted by Crippen LogP contribution is -2.69. The van der Waals surface area contributed by atoms with Gasteiger partial charge in [0.05, 0.1) is 25.0 Å². The first kappa shape index (κ1) is 46.7. The highest BCUT2D eigenvalue weighted by Gasteiger charge is 2.73. The summed E-state index contributed by atoms with van der Waals surface area (Å²) in [5.41, 5.74) is 4.87. The molecular formula is C60H82O8. The van der Waals surface area contributed by atoms with E-state index in [0.29, 0.717) is 23.3 Å². The van der Waals surface area contributed by atoms with Gasteiger partial charge in [0.1, 0.15) is 6.10 Å². The van der Waals surface area contributed by atoms with Crippen molar-refractivity contribution in [3.05, 3.63) is 51.6 Å². The van der Waals surface area contributed by atoms with Gasteiger partial charge in [0.25, 0.3) is 0 Å². The number of phenols is 2. The van der Waals surface area contributed by atoms with Crippen molar-refractivity contribution >= 4 is 18.0 Å². The fourth-order valence-electron chi connectivity index (χ4n) is 19.8. The lowest BCUT2D eigenvalue weighted by atomic mass is 9.32. The van der Waals surface area contributed by atoms with E-state index < -0.39 is 16.9 Å². The van der Waals surface area contributed by atoms with Crippen LogP contribution in [0.25, 0.3) is 6.08 Å². The van der Waals surface area contributed by atoms with E-state index in [-0.39, 0.29) is 78.8 Å². The number of rotatable bonds is 2. The molecule has 16 atom stereocenters. The Labute approximate surface area is 407 Å². The highest BCUT2D eigenvalue weighted by Crippen LogP contribution is 2.78. The summed E-state index contributed by atoms with van der Waals surface area (Å²) in [7, 11) is 3.10. The number of fused-ring (bicyclic) bond motifs is 18. The third-order valence-corrected chi connectivity index (χ3v) is 24.7. The molecule has 2 N–H and O–H groups in total. The Hall–Kier alpha value is -3.68. The first-order valence-electron chi connectivity index (χ1n) is 26.6. The van der Waals surface area contributed by atoms with Gasteiger partial charge in [0.15, 0.2) is 29.1 Å². The van der Waals surface area contributed by atoms with E-state index in [1.807, 2.05) is 13.0 Å². The Balaban J connectivity index is 1.02. The minimum atomic E-state index is -0.531. The van der Waals surface area contributed by atoms with Crippen molar-refractivity contribution in [3.8, 4) is 23.0 Å². The highest BCUT2D eigenvalue weighted by atomic mass is 16.6. The summed E-state index contributed by atoms with van der Waals surface area (Å²) in [5.74, 6) is 2.34. The Morgan fingerprint density at radius 1 is 0.603 bits per heavy atom. The lowest BCUT2D eigenvalue weighted by molar-refractivity contribution is -0.238. The number of hydrogen-bond donors (Lipinski definition) is 2. The van der Waals surface area contributed by atoms with Crippen molar-refractivity contribution in [1.82, 2.24) is 0 Å². The largest absolute Gasteiger partial charge is 0.504 e. The van der Waals surface area contributed by atoms with Gasteiger partial charge in [-0.15, -0.1) is 0 Å². The molecule has 1 heterocycles. The Morgan fingerprint density at radius 3 is 1.69 bits per heavy atom. The second-order valence-electron chi connectivity index (χ2n) is 27.5. The van der Waals surface area contributed by atoms with Crippen LogP contribution >= 0.6 is 0 Å². The van der Waals surface area contributed by atoms with Crippen LogP contribution in [0.4, 0.5) is 0 Å². The SMILES string of the molecule is COC(=O)C1(C)CCC2(C)CCC3(C)C4C=Cc5c(cc6c(c5C)OC5c7c(cc(O)c(O)c7C)C7(C)CCC8(C)C9CC(C)(C(=O)OC)CCC9(C)CCC8(C)C7C5O6)C4(C)CCC3(C)C2C1. The van der Waals surface area contributed by atoms with Gasteiger partial charge in [-0.2, -0.15) is 0 Å². The minimum absolute atomic E-state index is 0.00943. The van der Waals surface area contributed by atoms with Crippen LogP contribution in [-0.2, 0) is 29.9 Å². The van der Waals surface area contributed by atoms with Gasteiger partial charge >= 0.3 is 11.9 Å². The van der Waals surface area contributed by atoms with Crippen LogP contribution in [0.2, 0.25) is 0 Å². The molecule has 0 saturated heterocycles. The lowest BCUT2D eigenvalue weighted by Gasteiger charge is -2.73. The van der Waals surface area contributed by atoms with Crippen molar-refractivity contribution < 1.29 is 38.7 Å². The maximum Gasteiger partial charge on any atom is 0.311 e. The average Bonchev–Trinajstić information content (AvgIpc) is 3.30. The molecule has 6 saturated carbocycles. The summed E-state index contributed by atoms with van der Waals surface area (Å²) in [6.45, 7) is 28.7. The second-order valence-corrected chi connectivity index (χ2v) is 27.5. The number of methoxy groups -OCH3 is 2. The average molecular weight is 931 g/mol. The standard InChI is InChI=1S/C60H82O8/c1-33-35-15-16-40-55(7,23-27-58(10)41-31-53(5,49(63)65-13)19-17-51(41,3)21-25-57(40,58)9)36(35)30-39-45(33)68-46-43-34(2)44(62)38(61)29-37(43)56(8)24-28-59(11)42-32-54(6,50(64)66-14)20-18-52(42,4)22-26-60(59,12)48(56)47(46)67-39/h15-16,29-30,40-42,46-48,61-62H,17-28,31-32H2,1-14H3. The van der Waals surface area contributed by atoms with Gasteiger partial charge in [-0.1, -0.05) is 67.5 Å². The van der Waals surface area contributed by atoms with E-state index in [2.05, 4.69) is 94.4 Å². The van der Waals surface area contributed by atoms with Crippen molar-refractivity contribution in [3.63, 3.8) is 0 Å². The van der Waals surface area contributed by atoms with E-state index >= 15 is 0 Å². The van der Waals surface area contributed by atoms with E-state index in [1.165, 1.54) is 17.5 Å². The molecule has 8 aliphatic carbocycles. The molecule has 8 heteroatoms. The molecule has 68 heavy (non-hydrogen) atoms. The molecule has 1 aliphatic heterocycles. The number of hydrogen-bond acceptors (Lipinski definition) is 8. The van der Waals surface area contributed by atoms with Crippen LogP contribution < -0.4 is 9.47 Å². The number of phenolic OH excluding ortho intramolecular Hbond substituents is 2. The van der Waals surface area contributed by atoms with Gasteiger partial charge in [0, 0.05) is 33.4 Å². The van der Waals surface area contributed by atoms with Crippen molar-refractivity contribution in [2.75, 3.05) is 14.2 Å². The van der Waals surface area contributed by atoms with Crippen LogP contribution in [0.5, 0.6) is 23.0 Å². The number of benzene rings is 2. The van der Waals surface area contributed by atoms with E-state index in [9.17, 15) is 19.8 Å². The molecule has 6 fully saturated rings. The fraction of sp³-hybridized carbons (Fsp3) is 0.733. The molecular weight excluding hydrogens is 849 g/mol. The van der Waals surface area contributed by atoms with Gasteiger partial charge in [0.2, 0.25) is 0 Å². The predicted molar refractivity (Wildman–Crippen MR) is 265 cm³/mol. The molecule has 0 radical (unpaired) electrons. The molecule has 8 nitrogen and oxygen atoms in total. The molecule has 0 amide bonds. The monoisotopic (exact) mass is 931 g/mol. The van der Waals surface area contributed by atoms with E-state index in [4.69, 9.17) is 18.9 Å². The quantitative estimate of drug-likeness (QED) is 0.226. The van der Waals surface area contributed by atoms with Crippen LogP contribution in [-0.4, -0.2) is 42.5 Å². The summed E-state index contributed by atoms with van der Waals surface area (Å²) in [6, 6.07) is 4.24. The fourth-order valence-corrected chi connectivity index (χ4v) is 19.8. The van der Waals surface area contributed by atoms with Gasteiger partial charge in [-0.3, -0.25) is 9.59 Å². The third-order valence-electron chi connectivity index (χ3n) is 24.7. The number of carbonyl (C=O) groups excluding carboxylic acids is 2. The number of allylic oxidation sites excluding steroid dienone is 1. The summed E-state index contributed by atoms with van der Waals surface area (Å²) >= 11 is 0. The number of carbonyl (C=O) groups is 2. The van der Waals surface area contributed by atoms with Gasteiger partial charge in [-0.25, -0.2) is 0 Å². The van der Waals surface area contributed by atoms with Gasteiger partial charge in [-0.05, 0) is 197 Å². The maximum absolute atomic E-state index is 13.6. The highest BCUT2D eigenvalue weighted by molar-refractivity contribution is 5.77. The molecule has 370 valence electrons. The maximum atomic E-state index is 13.6. The molecule has 0 bridgehead atoms. The topological polar surface area (TPSA) is 112 Å². The summed E-state index contributed by atoms with van der Waals surface area (Å²) < 4.78 is 26.3. The Morgan fingerprint density at radius 2 is 1.12 bits per heavy atom. The van der Waals surface area contributed by atoms with Crippen molar-refractivity contribution in [2.45, 2.75) is 196 Å². The molecule has 0 spiro atoms. The smallest absolute Gasteiger partial charge is 0.311 e. The number of aromatic hydroxyl groups is 2. The zero-order chi connectivity index (χ0) is 48.9. The van der Waals surface area contributed by atoms with Crippen molar-refractivity contribution in [1.29, 1.82) is 0 Å². The minimum Gasteiger partial charge on any atom is -0.504 e. The number of ether oxygens (including phenoxy) is 4. The van der Waals surface area contributed by atoms with Crippen LogP contribution in [0.3, 0.4) is 0 Å². The zero-order valence-corrected chi connectivity index (χ0v) is 44.0. The molecule has 9 aliphatic rings. The number of esters is 2. The Kier molecular flexibility index (Phi) is 9.64. The summed E-state index contributed by atoms with van der Waals surface area (Å²) in [4.78, 5) is 27.0. The zero-order valence-electron chi connectivity index (χ0n) is 44.0. The molecule has 16 unspecified atom stereocenters. The van der Waals surface area contributed by atoms with Gasteiger partial charge < -0.3 is 29.2 Å². The van der Waals surface area contributed by atoms with Crippen LogP contribution in [0.1, 0.15) is 199 Å². The first-order chi connectivity index (χ1) is 31.7. The predicted octanol–water partition coefficient (Wildman–Crippen LogP) is 13.6.